The molecule has 2 rings (SSSR count). The van der Waals surface area contributed by atoms with Crippen LogP contribution in [-0.4, -0.2) is 5.78 Å². The Bertz CT molecular complexity index is 286. The Morgan fingerprint density at radius 2 is 2.00 bits per heavy atom. The summed E-state index contributed by atoms with van der Waals surface area (Å²) in [4.78, 5) is 10.9. The molecule has 2 N–H and O–H groups in total. The van der Waals surface area contributed by atoms with Crippen molar-refractivity contribution in [2.24, 2.45) is 0 Å². The fourth-order valence-corrected chi connectivity index (χ4v) is 1.14. The molecule has 0 spiro atoms. The van der Waals surface area contributed by atoms with Crippen LogP contribution in [0.4, 0.5) is 0 Å². The van der Waals surface area contributed by atoms with E-state index in [2.05, 4.69) is 10.6 Å². The summed E-state index contributed by atoms with van der Waals surface area (Å²) in [6.45, 7) is 0. The zero-order valence-corrected chi connectivity index (χ0v) is 5.92. The van der Waals surface area contributed by atoms with Gasteiger partial charge < -0.3 is 10.6 Å². The van der Waals surface area contributed by atoms with E-state index in [0.717, 1.165) is 11.4 Å². The van der Waals surface area contributed by atoms with Gasteiger partial charge in [0.25, 0.3) is 0 Å². The fourth-order valence-electron chi connectivity index (χ4n) is 1.14. The predicted molar refractivity (Wildman–Crippen MR) is 41.2 cm³/mol. The van der Waals surface area contributed by atoms with E-state index in [9.17, 15) is 4.79 Å². The summed E-state index contributed by atoms with van der Waals surface area (Å²) in [6, 6.07) is 0. The summed E-state index contributed by atoms with van der Waals surface area (Å²) < 4.78 is 0. The monoisotopic (exact) mass is 148 g/mol. The minimum atomic E-state index is 0.147. The van der Waals surface area contributed by atoms with Crippen LogP contribution in [0.2, 0.25) is 0 Å². The summed E-state index contributed by atoms with van der Waals surface area (Å²) in [5.74, 6) is 0.147. The molecule has 0 atom stereocenters. The molecule has 2 aliphatic rings. The SMILES string of the molecule is O=C1C=CC2=C(C1)NC=CN2. The van der Waals surface area contributed by atoms with Crippen molar-refractivity contribution in [3.8, 4) is 0 Å². The lowest BCUT2D eigenvalue weighted by Gasteiger charge is -2.18. The third-order valence-electron chi connectivity index (χ3n) is 1.69. The van der Waals surface area contributed by atoms with Crippen molar-refractivity contribution in [2.75, 3.05) is 0 Å². The standard InChI is InChI=1S/C8H8N2O/c11-6-1-2-7-8(5-6)10-4-3-9-7/h1-4,9-10H,5H2. The van der Waals surface area contributed by atoms with Gasteiger partial charge in [0.1, 0.15) is 0 Å². The molecule has 1 aliphatic carbocycles. The van der Waals surface area contributed by atoms with Gasteiger partial charge in [-0.3, -0.25) is 4.79 Å². The van der Waals surface area contributed by atoms with Crippen molar-refractivity contribution in [3.63, 3.8) is 0 Å². The first-order valence-electron chi connectivity index (χ1n) is 3.48. The van der Waals surface area contributed by atoms with Gasteiger partial charge in [-0.15, -0.1) is 0 Å². The molecule has 56 valence electrons. The van der Waals surface area contributed by atoms with Crippen LogP contribution in [-0.2, 0) is 4.79 Å². The van der Waals surface area contributed by atoms with Gasteiger partial charge in [-0.2, -0.15) is 0 Å². The number of nitrogens with one attached hydrogen (secondary N) is 2. The van der Waals surface area contributed by atoms with E-state index in [1.807, 2.05) is 0 Å². The number of rotatable bonds is 0. The highest BCUT2D eigenvalue weighted by molar-refractivity contribution is 5.93. The van der Waals surface area contributed by atoms with Crippen molar-refractivity contribution < 1.29 is 4.79 Å². The molecular weight excluding hydrogens is 140 g/mol. The Labute approximate surface area is 64.5 Å². The Morgan fingerprint density at radius 1 is 1.18 bits per heavy atom. The topological polar surface area (TPSA) is 41.1 Å². The molecule has 1 heterocycles. The van der Waals surface area contributed by atoms with Crippen LogP contribution in [0.25, 0.3) is 0 Å². The summed E-state index contributed by atoms with van der Waals surface area (Å²) in [5, 5.41) is 6.06. The molecule has 3 nitrogen and oxygen atoms in total. The quantitative estimate of drug-likeness (QED) is 0.522. The molecule has 0 saturated carbocycles. The summed E-state index contributed by atoms with van der Waals surface area (Å²) in [6.07, 6.45) is 7.44. The molecule has 0 aromatic rings. The lowest BCUT2D eigenvalue weighted by atomic mass is 10.1. The predicted octanol–water partition coefficient (Wildman–Crippen LogP) is 0.391. The van der Waals surface area contributed by atoms with Crippen molar-refractivity contribution >= 4 is 5.78 Å². The lowest BCUT2D eigenvalue weighted by molar-refractivity contribution is -0.114. The second-order valence-corrected chi connectivity index (χ2v) is 2.49. The fraction of sp³-hybridized carbons (Fsp3) is 0.125. The van der Waals surface area contributed by atoms with Gasteiger partial charge in [-0.1, -0.05) is 0 Å². The average Bonchev–Trinajstić information content (AvgIpc) is 2.04. The van der Waals surface area contributed by atoms with E-state index < -0.39 is 0 Å². The number of ketones is 1. The zero-order chi connectivity index (χ0) is 7.68. The van der Waals surface area contributed by atoms with E-state index in [4.69, 9.17) is 0 Å². The molecule has 3 heteroatoms. The molecule has 1 aliphatic heterocycles. The molecule has 0 aromatic heterocycles. The maximum absolute atomic E-state index is 10.9. The summed E-state index contributed by atoms with van der Waals surface area (Å²) in [5.41, 5.74) is 1.95. The molecule has 0 saturated heterocycles. The van der Waals surface area contributed by atoms with Crippen LogP contribution in [0.1, 0.15) is 6.42 Å². The Kier molecular flexibility index (Phi) is 1.28. The summed E-state index contributed by atoms with van der Waals surface area (Å²) >= 11 is 0. The maximum Gasteiger partial charge on any atom is 0.161 e. The number of allylic oxidation sites excluding steroid dienone is 3. The molecule has 0 unspecified atom stereocenters. The molecular formula is C8H8N2O. The number of carbonyl (C=O) groups is 1. The van der Waals surface area contributed by atoms with E-state index >= 15 is 0 Å². The van der Waals surface area contributed by atoms with Crippen LogP contribution in [0.15, 0.2) is 35.9 Å². The van der Waals surface area contributed by atoms with Gasteiger partial charge in [0.2, 0.25) is 0 Å². The van der Waals surface area contributed by atoms with Crippen LogP contribution < -0.4 is 10.6 Å². The second kappa shape index (κ2) is 2.27. The zero-order valence-electron chi connectivity index (χ0n) is 5.92. The lowest BCUT2D eigenvalue weighted by Crippen LogP contribution is -2.24. The average molecular weight is 148 g/mol. The molecule has 0 fully saturated rings. The highest BCUT2D eigenvalue weighted by Gasteiger charge is 2.13. The summed E-state index contributed by atoms with van der Waals surface area (Å²) in [7, 11) is 0. The first kappa shape index (κ1) is 6.22. The van der Waals surface area contributed by atoms with Crippen molar-refractivity contribution in [3.05, 3.63) is 35.9 Å². The first-order valence-corrected chi connectivity index (χ1v) is 3.48. The van der Waals surface area contributed by atoms with Gasteiger partial charge in [-0.25, -0.2) is 0 Å². The minimum Gasteiger partial charge on any atom is -0.362 e. The molecule has 11 heavy (non-hydrogen) atoms. The largest absolute Gasteiger partial charge is 0.362 e. The van der Waals surface area contributed by atoms with Crippen LogP contribution in [0.5, 0.6) is 0 Å². The number of hydrogen-bond acceptors (Lipinski definition) is 3. The minimum absolute atomic E-state index is 0.147. The van der Waals surface area contributed by atoms with E-state index in [1.165, 1.54) is 0 Å². The highest BCUT2D eigenvalue weighted by Crippen LogP contribution is 2.13. The van der Waals surface area contributed by atoms with Crippen molar-refractivity contribution in [1.82, 2.24) is 10.6 Å². The Morgan fingerprint density at radius 3 is 2.91 bits per heavy atom. The van der Waals surface area contributed by atoms with Gasteiger partial charge in [0.05, 0.1) is 12.1 Å². The van der Waals surface area contributed by atoms with Crippen LogP contribution in [0.3, 0.4) is 0 Å². The molecule has 0 amide bonds. The van der Waals surface area contributed by atoms with E-state index in [1.54, 1.807) is 24.6 Å². The van der Waals surface area contributed by atoms with Crippen LogP contribution in [0, 0.1) is 0 Å². The Balaban J connectivity index is 2.28. The van der Waals surface area contributed by atoms with Gasteiger partial charge in [-0.05, 0) is 12.2 Å². The van der Waals surface area contributed by atoms with Gasteiger partial charge >= 0.3 is 0 Å². The van der Waals surface area contributed by atoms with Crippen molar-refractivity contribution in [2.45, 2.75) is 6.42 Å². The first-order chi connectivity index (χ1) is 5.36. The van der Waals surface area contributed by atoms with E-state index in [0.29, 0.717) is 6.42 Å². The molecule has 0 bridgehead atoms. The highest BCUT2D eigenvalue weighted by atomic mass is 16.1. The van der Waals surface area contributed by atoms with Gasteiger partial charge in [0.15, 0.2) is 5.78 Å². The third kappa shape index (κ3) is 1.05. The Hall–Kier alpha value is -1.51. The molecule has 0 aromatic carbocycles. The van der Waals surface area contributed by atoms with Gasteiger partial charge in [0, 0.05) is 18.1 Å². The van der Waals surface area contributed by atoms with Crippen LogP contribution >= 0.6 is 0 Å². The van der Waals surface area contributed by atoms with E-state index in [-0.39, 0.29) is 5.78 Å². The third-order valence-corrected chi connectivity index (χ3v) is 1.69. The van der Waals surface area contributed by atoms with Crippen molar-refractivity contribution in [1.29, 1.82) is 0 Å². The molecule has 0 radical (unpaired) electrons. The second-order valence-electron chi connectivity index (χ2n) is 2.49. The number of carbonyl (C=O) groups excluding carboxylic acids is 1. The maximum atomic E-state index is 10.9. The normalized spacial score (nSPS) is 20.9. The number of hydrogen-bond donors (Lipinski definition) is 2. The smallest absolute Gasteiger partial charge is 0.161 e.